The van der Waals surface area contributed by atoms with E-state index in [2.05, 4.69) is 24.2 Å². The molecule has 1 fully saturated rings. The zero-order valence-electron chi connectivity index (χ0n) is 12.0. The molecule has 106 valence electrons. The van der Waals surface area contributed by atoms with Gasteiger partial charge in [0.05, 0.1) is 0 Å². The van der Waals surface area contributed by atoms with Crippen LogP contribution in [0.4, 0.5) is 0 Å². The van der Waals surface area contributed by atoms with E-state index in [9.17, 15) is 4.79 Å². The molecule has 1 rings (SSSR count). The molecular weight excluding hydrogens is 226 g/mol. The van der Waals surface area contributed by atoms with Crippen LogP contribution in [0.3, 0.4) is 0 Å². The summed E-state index contributed by atoms with van der Waals surface area (Å²) in [6, 6.07) is 0.363. The summed E-state index contributed by atoms with van der Waals surface area (Å²) in [6.07, 6.45) is 6.15. The van der Waals surface area contributed by atoms with Gasteiger partial charge in [-0.1, -0.05) is 19.8 Å². The minimum absolute atomic E-state index is 0.216. The molecule has 0 aliphatic carbocycles. The highest BCUT2D eigenvalue weighted by atomic mass is 16.1. The Labute approximate surface area is 111 Å². The smallest absolute Gasteiger partial charge is 0.220 e. The summed E-state index contributed by atoms with van der Waals surface area (Å²) in [4.78, 5) is 14.1. The topological polar surface area (TPSA) is 58.4 Å². The second-order valence-electron chi connectivity index (χ2n) is 5.59. The lowest BCUT2D eigenvalue weighted by Gasteiger charge is -2.16. The van der Waals surface area contributed by atoms with Crippen molar-refractivity contribution in [3.05, 3.63) is 0 Å². The highest BCUT2D eigenvalue weighted by Crippen LogP contribution is 2.17. The fourth-order valence-corrected chi connectivity index (χ4v) is 2.76. The van der Waals surface area contributed by atoms with E-state index in [0.717, 1.165) is 38.9 Å². The number of amides is 1. The monoisotopic (exact) mass is 255 g/mol. The molecular formula is C14H29N3O. The Morgan fingerprint density at radius 3 is 2.78 bits per heavy atom. The zero-order valence-corrected chi connectivity index (χ0v) is 12.0. The molecule has 1 heterocycles. The summed E-state index contributed by atoms with van der Waals surface area (Å²) in [5.74, 6) is 0.838. The maximum absolute atomic E-state index is 11.9. The number of nitrogens with zero attached hydrogens (tertiary/aromatic N) is 1. The van der Waals surface area contributed by atoms with E-state index in [0.29, 0.717) is 18.4 Å². The number of hydrogen-bond donors (Lipinski definition) is 2. The molecule has 18 heavy (non-hydrogen) atoms. The van der Waals surface area contributed by atoms with Crippen molar-refractivity contribution in [3.63, 3.8) is 0 Å². The normalized spacial score (nSPS) is 22.1. The van der Waals surface area contributed by atoms with E-state index in [-0.39, 0.29) is 5.91 Å². The van der Waals surface area contributed by atoms with E-state index in [4.69, 9.17) is 5.73 Å². The minimum atomic E-state index is 0.216. The van der Waals surface area contributed by atoms with E-state index < -0.39 is 0 Å². The molecule has 2 unspecified atom stereocenters. The fourth-order valence-electron chi connectivity index (χ4n) is 2.76. The molecule has 0 aromatic carbocycles. The summed E-state index contributed by atoms with van der Waals surface area (Å²) >= 11 is 0. The summed E-state index contributed by atoms with van der Waals surface area (Å²) in [5, 5.41) is 3.14. The Morgan fingerprint density at radius 1 is 1.44 bits per heavy atom. The highest BCUT2D eigenvalue weighted by Gasteiger charge is 2.21. The van der Waals surface area contributed by atoms with Gasteiger partial charge in [-0.15, -0.1) is 0 Å². The van der Waals surface area contributed by atoms with Crippen LogP contribution in [0.2, 0.25) is 0 Å². The Balaban J connectivity index is 2.18. The number of hydrogen-bond acceptors (Lipinski definition) is 3. The summed E-state index contributed by atoms with van der Waals surface area (Å²) in [5.41, 5.74) is 5.61. The molecule has 4 nitrogen and oxygen atoms in total. The van der Waals surface area contributed by atoms with Gasteiger partial charge in [-0.2, -0.15) is 0 Å². The molecule has 0 spiro atoms. The van der Waals surface area contributed by atoms with Crippen LogP contribution in [-0.4, -0.2) is 43.5 Å². The summed E-state index contributed by atoms with van der Waals surface area (Å²) < 4.78 is 0. The minimum Gasteiger partial charge on any atom is -0.352 e. The van der Waals surface area contributed by atoms with Gasteiger partial charge in [-0.3, -0.25) is 4.79 Å². The average Bonchev–Trinajstić information content (AvgIpc) is 2.72. The Kier molecular flexibility index (Phi) is 7.28. The zero-order chi connectivity index (χ0) is 13.4. The van der Waals surface area contributed by atoms with Crippen LogP contribution in [0.25, 0.3) is 0 Å². The van der Waals surface area contributed by atoms with Crippen LogP contribution in [-0.2, 0) is 4.79 Å². The first kappa shape index (κ1) is 15.4. The molecule has 1 aliphatic rings. The molecule has 3 N–H and O–H groups in total. The second-order valence-corrected chi connectivity index (χ2v) is 5.59. The SMILES string of the molecule is CCCC(CCN)CCC(=O)NC1CCN(C)C1. The van der Waals surface area contributed by atoms with Gasteiger partial charge in [-0.25, -0.2) is 0 Å². The molecule has 0 bridgehead atoms. The van der Waals surface area contributed by atoms with Crippen LogP contribution in [0, 0.1) is 5.92 Å². The molecule has 4 heteroatoms. The van der Waals surface area contributed by atoms with Gasteiger partial charge in [-0.05, 0) is 45.3 Å². The van der Waals surface area contributed by atoms with Crippen molar-refractivity contribution >= 4 is 5.91 Å². The van der Waals surface area contributed by atoms with Gasteiger partial charge < -0.3 is 16.0 Å². The van der Waals surface area contributed by atoms with Crippen molar-refractivity contribution < 1.29 is 4.79 Å². The average molecular weight is 255 g/mol. The van der Waals surface area contributed by atoms with E-state index >= 15 is 0 Å². The molecule has 1 saturated heterocycles. The van der Waals surface area contributed by atoms with E-state index in [1.165, 1.54) is 12.8 Å². The number of rotatable bonds is 8. The van der Waals surface area contributed by atoms with Crippen molar-refractivity contribution in [2.24, 2.45) is 11.7 Å². The summed E-state index contributed by atoms with van der Waals surface area (Å²) in [6.45, 7) is 5.02. The predicted octanol–water partition coefficient (Wildman–Crippen LogP) is 1.35. The third kappa shape index (κ3) is 5.83. The first-order chi connectivity index (χ1) is 8.65. The lowest BCUT2D eigenvalue weighted by atomic mass is 9.94. The van der Waals surface area contributed by atoms with Crippen LogP contribution < -0.4 is 11.1 Å². The van der Waals surface area contributed by atoms with Gasteiger partial charge in [0.15, 0.2) is 0 Å². The highest BCUT2D eigenvalue weighted by molar-refractivity contribution is 5.76. The van der Waals surface area contributed by atoms with Crippen molar-refractivity contribution in [2.45, 2.75) is 51.5 Å². The number of carbonyl (C=O) groups is 1. The van der Waals surface area contributed by atoms with E-state index in [1.807, 2.05) is 0 Å². The number of nitrogens with two attached hydrogens (primary N) is 1. The van der Waals surface area contributed by atoms with E-state index in [1.54, 1.807) is 0 Å². The van der Waals surface area contributed by atoms with Gasteiger partial charge in [0.25, 0.3) is 0 Å². The Bertz CT molecular complexity index is 239. The fraction of sp³-hybridized carbons (Fsp3) is 0.929. The standard InChI is InChI=1S/C14H29N3O/c1-3-4-12(7-9-15)5-6-14(18)16-13-8-10-17(2)11-13/h12-13H,3-11,15H2,1-2H3,(H,16,18). The molecule has 1 amide bonds. The molecule has 0 saturated carbocycles. The lowest BCUT2D eigenvalue weighted by molar-refractivity contribution is -0.122. The predicted molar refractivity (Wildman–Crippen MR) is 75.3 cm³/mol. The molecule has 1 aliphatic heterocycles. The second kappa shape index (κ2) is 8.48. The number of nitrogens with one attached hydrogen (secondary N) is 1. The first-order valence-electron chi connectivity index (χ1n) is 7.33. The molecule has 2 atom stereocenters. The Hall–Kier alpha value is -0.610. The van der Waals surface area contributed by atoms with Gasteiger partial charge in [0, 0.05) is 19.0 Å². The van der Waals surface area contributed by atoms with Crippen LogP contribution in [0.5, 0.6) is 0 Å². The van der Waals surface area contributed by atoms with Crippen molar-refractivity contribution in [3.8, 4) is 0 Å². The maximum Gasteiger partial charge on any atom is 0.220 e. The Morgan fingerprint density at radius 2 is 2.22 bits per heavy atom. The molecule has 0 radical (unpaired) electrons. The molecule has 0 aromatic heterocycles. The van der Waals surface area contributed by atoms with Crippen molar-refractivity contribution in [2.75, 3.05) is 26.7 Å². The van der Waals surface area contributed by atoms with Crippen molar-refractivity contribution in [1.82, 2.24) is 10.2 Å². The van der Waals surface area contributed by atoms with Crippen LogP contribution in [0.15, 0.2) is 0 Å². The first-order valence-corrected chi connectivity index (χ1v) is 7.33. The number of likely N-dealkylation sites (N-methyl/N-ethyl adjacent to an activating group) is 1. The summed E-state index contributed by atoms with van der Waals surface area (Å²) in [7, 11) is 2.10. The number of likely N-dealkylation sites (tertiary alicyclic amines) is 1. The van der Waals surface area contributed by atoms with Crippen molar-refractivity contribution in [1.29, 1.82) is 0 Å². The quantitative estimate of drug-likeness (QED) is 0.688. The number of carbonyl (C=O) groups excluding carboxylic acids is 1. The van der Waals surface area contributed by atoms with Crippen LogP contribution in [0.1, 0.15) is 45.4 Å². The largest absolute Gasteiger partial charge is 0.352 e. The molecule has 0 aromatic rings. The van der Waals surface area contributed by atoms with Gasteiger partial charge in [0.1, 0.15) is 0 Å². The lowest BCUT2D eigenvalue weighted by Crippen LogP contribution is -2.36. The third-order valence-electron chi connectivity index (χ3n) is 3.81. The van der Waals surface area contributed by atoms with Crippen LogP contribution >= 0.6 is 0 Å². The van der Waals surface area contributed by atoms with Gasteiger partial charge in [0.2, 0.25) is 5.91 Å². The maximum atomic E-state index is 11.9. The van der Waals surface area contributed by atoms with Gasteiger partial charge >= 0.3 is 0 Å². The third-order valence-corrected chi connectivity index (χ3v) is 3.81.